The van der Waals surface area contributed by atoms with E-state index in [4.69, 9.17) is 11.6 Å². The predicted octanol–water partition coefficient (Wildman–Crippen LogP) is -0.362. The van der Waals surface area contributed by atoms with E-state index in [0.717, 1.165) is 25.7 Å². The lowest BCUT2D eigenvalue weighted by Gasteiger charge is -2.30. The summed E-state index contributed by atoms with van der Waals surface area (Å²) < 4.78 is 0. The number of amides is 1. The van der Waals surface area contributed by atoms with Crippen molar-refractivity contribution in [2.75, 3.05) is 0 Å². The SMILES string of the molecule is NNC(=O)C1(N)CCCCC1. The quantitative estimate of drug-likeness (QED) is 0.276. The van der Waals surface area contributed by atoms with Crippen molar-refractivity contribution in [2.45, 2.75) is 37.6 Å². The first-order valence-electron chi connectivity index (χ1n) is 3.99. The summed E-state index contributed by atoms with van der Waals surface area (Å²) in [6.45, 7) is 0. The van der Waals surface area contributed by atoms with Crippen molar-refractivity contribution in [2.24, 2.45) is 11.6 Å². The van der Waals surface area contributed by atoms with Crippen LogP contribution in [0, 0.1) is 0 Å². The molecule has 4 nitrogen and oxygen atoms in total. The van der Waals surface area contributed by atoms with Gasteiger partial charge in [0.2, 0.25) is 0 Å². The molecule has 1 aliphatic carbocycles. The molecule has 1 rings (SSSR count). The molecule has 0 radical (unpaired) electrons. The van der Waals surface area contributed by atoms with Gasteiger partial charge in [-0.25, -0.2) is 5.84 Å². The summed E-state index contributed by atoms with van der Waals surface area (Å²) in [5.41, 5.74) is 7.24. The van der Waals surface area contributed by atoms with Crippen LogP contribution >= 0.6 is 0 Å². The van der Waals surface area contributed by atoms with Gasteiger partial charge in [0, 0.05) is 0 Å². The Labute approximate surface area is 66.3 Å². The van der Waals surface area contributed by atoms with Crippen LogP contribution in [0.2, 0.25) is 0 Å². The second kappa shape index (κ2) is 3.19. The maximum Gasteiger partial charge on any atom is 0.253 e. The first-order valence-corrected chi connectivity index (χ1v) is 3.99. The van der Waals surface area contributed by atoms with Gasteiger partial charge in [-0.1, -0.05) is 19.3 Å². The summed E-state index contributed by atoms with van der Waals surface area (Å²) in [6.07, 6.45) is 4.76. The molecule has 11 heavy (non-hydrogen) atoms. The number of nitrogens with two attached hydrogens (primary N) is 2. The standard InChI is InChI=1S/C7H15N3O/c8-7(6(11)10-9)4-2-1-3-5-7/h1-5,8-9H2,(H,10,11). The zero-order valence-electron chi connectivity index (χ0n) is 6.60. The fourth-order valence-corrected chi connectivity index (χ4v) is 1.55. The molecule has 64 valence electrons. The highest BCUT2D eigenvalue weighted by molar-refractivity contribution is 5.85. The highest BCUT2D eigenvalue weighted by Gasteiger charge is 2.34. The molecule has 0 aromatic rings. The van der Waals surface area contributed by atoms with Gasteiger partial charge < -0.3 is 5.73 Å². The maximum absolute atomic E-state index is 11.1. The maximum atomic E-state index is 11.1. The smallest absolute Gasteiger partial charge is 0.253 e. The summed E-state index contributed by atoms with van der Waals surface area (Å²) in [4.78, 5) is 11.1. The van der Waals surface area contributed by atoms with Crippen molar-refractivity contribution < 1.29 is 4.79 Å². The zero-order valence-corrected chi connectivity index (χ0v) is 6.60. The molecule has 4 heteroatoms. The van der Waals surface area contributed by atoms with Crippen LogP contribution in [0.3, 0.4) is 0 Å². The Morgan fingerprint density at radius 3 is 2.27 bits per heavy atom. The fraction of sp³-hybridized carbons (Fsp3) is 0.857. The van der Waals surface area contributed by atoms with Gasteiger partial charge in [0.15, 0.2) is 0 Å². The van der Waals surface area contributed by atoms with Gasteiger partial charge >= 0.3 is 0 Å². The van der Waals surface area contributed by atoms with Crippen molar-refractivity contribution in [3.8, 4) is 0 Å². The number of hydrogen-bond acceptors (Lipinski definition) is 3. The van der Waals surface area contributed by atoms with E-state index in [0.29, 0.717) is 0 Å². The van der Waals surface area contributed by atoms with Crippen molar-refractivity contribution >= 4 is 5.91 Å². The second-order valence-electron chi connectivity index (χ2n) is 3.19. The third-order valence-electron chi connectivity index (χ3n) is 2.33. The fourth-order valence-electron chi connectivity index (χ4n) is 1.55. The molecule has 1 fully saturated rings. The number of hydrogen-bond donors (Lipinski definition) is 3. The molecule has 0 bridgehead atoms. The van der Waals surface area contributed by atoms with E-state index in [2.05, 4.69) is 5.43 Å². The van der Waals surface area contributed by atoms with Crippen LogP contribution in [0.15, 0.2) is 0 Å². The number of carbonyl (C=O) groups is 1. The number of nitrogens with one attached hydrogen (secondary N) is 1. The highest BCUT2D eigenvalue weighted by Crippen LogP contribution is 2.25. The molecule has 0 aliphatic heterocycles. The Hall–Kier alpha value is -0.610. The Bertz CT molecular complexity index is 152. The van der Waals surface area contributed by atoms with E-state index in [1.54, 1.807) is 0 Å². The summed E-state index contributed by atoms with van der Waals surface area (Å²) in [5.74, 6) is 4.78. The topological polar surface area (TPSA) is 81.1 Å². The van der Waals surface area contributed by atoms with Gasteiger partial charge in [-0.05, 0) is 12.8 Å². The predicted molar refractivity (Wildman–Crippen MR) is 42.3 cm³/mol. The average molecular weight is 157 g/mol. The van der Waals surface area contributed by atoms with Gasteiger partial charge in [-0.3, -0.25) is 10.2 Å². The number of rotatable bonds is 1. The third kappa shape index (κ3) is 1.70. The van der Waals surface area contributed by atoms with Crippen LogP contribution in [0.5, 0.6) is 0 Å². The summed E-state index contributed by atoms with van der Waals surface area (Å²) in [6, 6.07) is 0. The van der Waals surface area contributed by atoms with Crippen LogP contribution in [-0.4, -0.2) is 11.4 Å². The lowest BCUT2D eigenvalue weighted by molar-refractivity contribution is -0.127. The lowest BCUT2D eigenvalue weighted by Crippen LogP contribution is -2.56. The Morgan fingerprint density at radius 1 is 1.27 bits per heavy atom. The molecule has 0 aromatic heterocycles. The molecular formula is C7H15N3O. The number of carbonyl (C=O) groups excluding carboxylic acids is 1. The van der Waals surface area contributed by atoms with Gasteiger partial charge in [0.25, 0.3) is 5.91 Å². The van der Waals surface area contributed by atoms with Gasteiger partial charge in [-0.2, -0.15) is 0 Å². The molecule has 0 unspecified atom stereocenters. The molecule has 1 saturated carbocycles. The minimum atomic E-state index is -0.687. The van der Waals surface area contributed by atoms with Crippen molar-refractivity contribution in [3.63, 3.8) is 0 Å². The first-order chi connectivity index (χ1) is 5.19. The van der Waals surface area contributed by atoms with E-state index in [1.165, 1.54) is 6.42 Å². The second-order valence-corrected chi connectivity index (χ2v) is 3.19. The molecule has 0 heterocycles. The van der Waals surface area contributed by atoms with Crippen molar-refractivity contribution in [3.05, 3.63) is 0 Å². The highest BCUT2D eigenvalue weighted by atomic mass is 16.2. The Balaban J connectivity index is 2.56. The van der Waals surface area contributed by atoms with E-state index in [9.17, 15) is 4.79 Å². The summed E-state index contributed by atoms with van der Waals surface area (Å²) in [5, 5.41) is 0. The van der Waals surface area contributed by atoms with Crippen molar-refractivity contribution in [1.29, 1.82) is 0 Å². The molecule has 0 spiro atoms. The van der Waals surface area contributed by atoms with Crippen molar-refractivity contribution in [1.82, 2.24) is 5.43 Å². The van der Waals surface area contributed by atoms with E-state index in [-0.39, 0.29) is 5.91 Å². The minimum absolute atomic E-state index is 0.225. The van der Waals surface area contributed by atoms with Crippen LogP contribution in [0.25, 0.3) is 0 Å². The van der Waals surface area contributed by atoms with E-state index in [1.807, 2.05) is 0 Å². The molecule has 0 saturated heterocycles. The molecule has 0 atom stereocenters. The molecule has 1 aliphatic rings. The Morgan fingerprint density at radius 2 is 1.82 bits per heavy atom. The van der Waals surface area contributed by atoms with Crippen LogP contribution in [0.1, 0.15) is 32.1 Å². The molecule has 0 aromatic carbocycles. The van der Waals surface area contributed by atoms with Gasteiger partial charge in [0.05, 0.1) is 5.54 Å². The van der Waals surface area contributed by atoms with E-state index >= 15 is 0 Å². The van der Waals surface area contributed by atoms with Crippen LogP contribution in [0.4, 0.5) is 0 Å². The third-order valence-corrected chi connectivity index (χ3v) is 2.33. The first kappa shape index (κ1) is 8.49. The van der Waals surface area contributed by atoms with Gasteiger partial charge in [-0.15, -0.1) is 0 Å². The Kier molecular flexibility index (Phi) is 2.46. The summed E-state index contributed by atoms with van der Waals surface area (Å²) >= 11 is 0. The molecular weight excluding hydrogens is 142 g/mol. The van der Waals surface area contributed by atoms with Gasteiger partial charge in [0.1, 0.15) is 0 Å². The molecule has 5 N–H and O–H groups in total. The summed E-state index contributed by atoms with van der Waals surface area (Å²) in [7, 11) is 0. The molecule has 1 amide bonds. The van der Waals surface area contributed by atoms with Crippen LogP contribution < -0.4 is 17.0 Å². The zero-order chi connectivity index (χ0) is 8.32. The normalized spacial score (nSPS) is 22.7. The number of hydrazine groups is 1. The lowest BCUT2D eigenvalue weighted by atomic mass is 9.82. The minimum Gasteiger partial charge on any atom is -0.317 e. The van der Waals surface area contributed by atoms with E-state index < -0.39 is 5.54 Å². The average Bonchev–Trinajstić information content (AvgIpc) is 2.04. The monoisotopic (exact) mass is 157 g/mol. The van der Waals surface area contributed by atoms with Crippen LogP contribution in [-0.2, 0) is 4.79 Å². The largest absolute Gasteiger partial charge is 0.317 e.